The lowest BCUT2D eigenvalue weighted by Crippen LogP contribution is -2.10. The van der Waals surface area contributed by atoms with E-state index in [4.69, 9.17) is 14.9 Å². The maximum atomic E-state index is 11.2. The Labute approximate surface area is 242 Å². The first kappa shape index (κ1) is 29.6. The number of carboxylic acid groups (broad SMARTS) is 2. The summed E-state index contributed by atoms with van der Waals surface area (Å²) < 4.78 is 5.65. The van der Waals surface area contributed by atoms with Crippen molar-refractivity contribution in [1.82, 2.24) is 0 Å². The van der Waals surface area contributed by atoms with Crippen LogP contribution in [0, 0.1) is 19.8 Å². The number of aliphatic carboxylic acids is 2. The van der Waals surface area contributed by atoms with Gasteiger partial charge in [0.05, 0.1) is 0 Å². The van der Waals surface area contributed by atoms with E-state index in [-0.39, 0.29) is 13.0 Å². The normalized spacial score (nSPS) is 11.0. The molecule has 0 spiro atoms. The van der Waals surface area contributed by atoms with E-state index < -0.39 is 11.9 Å². The topological polar surface area (TPSA) is 83.8 Å². The summed E-state index contributed by atoms with van der Waals surface area (Å²) in [5, 5.41) is 18.3. The number of aryl methyl sites for hydroxylation is 3. The van der Waals surface area contributed by atoms with E-state index in [1.807, 2.05) is 36.4 Å². The molecule has 4 aromatic rings. The lowest BCUT2D eigenvalue weighted by molar-refractivity contribution is -0.139. The van der Waals surface area contributed by atoms with Crippen LogP contribution in [-0.4, -0.2) is 28.8 Å². The van der Waals surface area contributed by atoms with Gasteiger partial charge in [-0.1, -0.05) is 80.6 Å². The van der Waals surface area contributed by atoms with Crippen LogP contribution < -0.4 is 4.74 Å². The van der Waals surface area contributed by atoms with Gasteiger partial charge in [-0.2, -0.15) is 0 Å². The smallest absolute Gasteiger partial charge is 0.341 e. The molecule has 4 aromatic carbocycles. The molecular weight excluding hydrogens is 512 g/mol. The molecule has 5 heteroatoms. The fourth-order valence-corrected chi connectivity index (χ4v) is 5.49. The van der Waals surface area contributed by atoms with Gasteiger partial charge in [0.1, 0.15) is 5.75 Å². The van der Waals surface area contributed by atoms with Crippen molar-refractivity contribution in [2.45, 2.75) is 53.4 Å². The quantitative estimate of drug-likeness (QED) is 0.187. The van der Waals surface area contributed by atoms with Gasteiger partial charge in [-0.05, 0) is 100 Å². The Bertz CT molecular complexity index is 1510. The molecule has 0 bridgehead atoms. The van der Waals surface area contributed by atoms with Gasteiger partial charge in [-0.15, -0.1) is 0 Å². The summed E-state index contributed by atoms with van der Waals surface area (Å²) in [6.07, 6.45) is 2.19. The van der Waals surface area contributed by atoms with Gasteiger partial charge in [0.25, 0.3) is 0 Å². The molecule has 0 saturated carbocycles. The summed E-state index contributed by atoms with van der Waals surface area (Å²) >= 11 is 0. The third kappa shape index (κ3) is 7.85. The highest BCUT2D eigenvalue weighted by Gasteiger charge is 2.16. The Balaban J connectivity index is 1.73. The molecule has 0 heterocycles. The minimum atomic E-state index is -1.01. The summed E-state index contributed by atoms with van der Waals surface area (Å²) in [5.41, 5.74) is 11.2. The molecular formula is C36H38O5. The van der Waals surface area contributed by atoms with Crippen molar-refractivity contribution < 1.29 is 24.5 Å². The van der Waals surface area contributed by atoms with Gasteiger partial charge in [-0.25, -0.2) is 4.79 Å². The van der Waals surface area contributed by atoms with E-state index in [0.717, 1.165) is 50.9 Å². The van der Waals surface area contributed by atoms with E-state index in [1.165, 1.54) is 11.1 Å². The summed E-state index contributed by atoms with van der Waals surface area (Å²) in [5.74, 6) is -0.744. The molecule has 0 aliphatic heterocycles. The second-order valence-electron chi connectivity index (χ2n) is 11.1. The Morgan fingerprint density at radius 3 is 2.10 bits per heavy atom. The molecule has 0 aromatic heterocycles. The number of benzene rings is 4. The van der Waals surface area contributed by atoms with Crippen molar-refractivity contribution in [3.63, 3.8) is 0 Å². The third-order valence-corrected chi connectivity index (χ3v) is 7.21. The summed E-state index contributed by atoms with van der Waals surface area (Å²) in [6.45, 7) is 8.26. The van der Waals surface area contributed by atoms with E-state index in [9.17, 15) is 9.59 Å². The van der Waals surface area contributed by atoms with Crippen LogP contribution in [0.3, 0.4) is 0 Å². The van der Waals surface area contributed by atoms with Gasteiger partial charge in [-0.3, -0.25) is 4.79 Å². The average Bonchev–Trinajstić information content (AvgIpc) is 2.91. The standard InChI is InChI=1S/C36H38O5/c1-23(2)16-29-19-27(11-15-34(37)38)10-13-32(29)30-17-24(3)36(25(4)18-30)28-12-14-33(41-22-35(39)40)31(21-28)20-26-8-6-5-7-9-26/h5-10,12-14,17-19,21,23H,11,15-16,20,22H2,1-4H3,(H,37,38)(H,39,40). The molecule has 0 aliphatic rings. The van der Waals surface area contributed by atoms with E-state index >= 15 is 0 Å². The van der Waals surface area contributed by atoms with Crippen molar-refractivity contribution in [3.05, 3.63) is 112 Å². The summed E-state index contributed by atoms with van der Waals surface area (Å²) in [4.78, 5) is 22.3. The monoisotopic (exact) mass is 550 g/mol. The molecule has 0 unspecified atom stereocenters. The van der Waals surface area contributed by atoms with Crippen molar-refractivity contribution in [2.75, 3.05) is 6.61 Å². The van der Waals surface area contributed by atoms with E-state index in [0.29, 0.717) is 24.5 Å². The van der Waals surface area contributed by atoms with Crippen LogP contribution in [0.15, 0.2) is 78.9 Å². The lowest BCUT2D eigenvalue weighted by atomic mass is 9.87. The first-order chi connectivity index (χ1) is 19.6. The summed E-state index contributed by atoms with van der Waals surface area (Å²) in [6, 6.07) is 26.9. The lowest BCUT2D eigenvalue weighted by Gasteiger charge is -2.19. The molecule has 4 rings (SSSR count). The van der Waals surface area contributed by atoms with Gasteiger partial charge in [0, 0.05) is 12.8 Å². The Morgan fingerprint density at radius 1 is 0.756 bits per heavy atom. The number of hydrogen-bond donors (Lipinski definition) is 2. The fourth-order valence-electron chi connectivity index (χ4n) is 5.49. The minimum absolute atomic E-state index is 0.125. The van der Waals surface area contributed by atoms with Crippen molar-refractivity contribution in [1.29, 1.82) is 0 Å². The molecule has 5 nitrogen and oxygen atoms in total. The highest BCUT2D eigenvalue weighted by molar-refractivity contribution is 5.79. The number of carboxylic acids is 2. The average molecular weight is 551 g/mol. The first-order valence-corrected chi connectivity index (χ1v) is 14.1. The van der Waals surface area contributed by atoms with E-state index in [2.05, 4.69) is 70.2 Å². The van der Waals surface area contributed by atoms with Crippen molar-refractivity contribution in [2.24, 2.45) is 5.92 Å². The van der Waals surface area contributed by atoms with Crippen molar-refractivity contribution >= 4 is 11.9 Å². The second-order valence-corrected chi connectivity index (χ2v) is 11.1. The van der Waals surface area contributed by atoms with Crippen LogP contribution in [-0.2, 0) is 28.9 Å². The predicted molar refractivity (Wildman–Crippen MR) is 164 cm³/mol. The van der Waals surface area contributed by atoms with Crippen molar-refractivity contribution in [3.8, 4) is 28.0 Å². The molecule has 212 valence electrons. The highest BCUT2D eigenvalue weighted by atomic mass is 16.5. The predicted octanol–water partition coefficient (Wildman–Crippen LogP) is 7.91. The molecule has 41 heavy (non-hydrogen) atoms. The zero-order valence-corrected chi connectivity index (χ0v) is 24.2. The minimum Gasteiger partial charge on any atom is -0.482 e. The van der Waals surface area contributed by atoms with E-state index in [1.54, 1.807) is 0 Å². The van der Waals surface area contributed by atoms with Crippen LogP contribution >= 0.6 is 0 Å². The summed E-state index contributed by atoms with van der Waals surface area (Å²) in [7, 11) is 0. The highest BCUT2D eigenvalue weighted by Crippen LogP contribution is 2.36. The molecule has 0 amide bonds. The molecule has 0 radical (unpaired) electrons. The zero-order valence-electron chi connectivity index (χ0n) is 24.2. The third-order valence-electron chi connectivity index (χ3n) is 7.21. The fraction of sp³-hybridized carbons (Fsp3) is 0.278. The number of hydrogen-bond acceptors (Lipinski definition) is 3. The molecule has 0 atom stereocenters. The number of rotatable bonds is 12. The molecule has 0 fully saturated rings. The van der Waals surface area contributed by atoms with Crippen LogP contribution in [0.4, 0.5) is 0 Å². The van der Waals surface area contributed by atoms with Gasteiger partial charge in [0.2, 0.25) is 0 Å². The Hall–Kier alpha value is -4.38. The number of ether oxygens (including phenoxy) is 1. The maximum Gasteiger partial charge on any atom is 0.341 e. The van der Waals surface area contributed by atoms with Crippen LogP contribution in [0.1, 0.15) is 53.6 Å². The van der Waals surface area contributed by atoms with Crippen LogP contribution in [0.2, 0.25) is 0 Å². The Kier molecular flexibility index (Phi) is 9.61. The first-order valence-electron chi connectivity index (χ1n) is 14.1. The van der Waals surface area contributed by atoms with Gasteiger partial charge in [0.15, 0.2) is 6.61 Å². The van der Waals surface area contributed by atoms with Gasteiger partial charge < -0.3 is 14.9 Å². The molecule has 0 saturated heterocycles. The number of carbonyl (C=O) groups is 2. The largest absolute Gasteiger partial charge is 0.482 e. The molecule has 2 N–H and O–H groups in total. The molecule has 0 aliphatic carbocycles. The van der Waals surface area contributed by atoms with Crippen LogP contribution in [0.5, 0.6) is 5.75 Å². The van der Waals surface area contributed by atoms with Crippen LogP contribution in [0.25, 0.3) is 22.3 Å². The maximum absolute atomic E-state index is 11.2. The SMILES string of the molecule is Cc1cc(-c2ccc(CCC(=O)O)cc2CC(C)C)cc(C)c1-c1ccc(OCC(=O)O)c(Cc2ccccc2)c1. The Morgan fingerprint density at radius 2 is 1.46 bits per heavy atom. The zero-order chi connectivity index (χ0) is 29.5. The second kappa shape index (κ2) is 13.3. The van der Waals surface area contributed by atoms with Gasteiger partial charge >= 0.3 is 11.9 Å².